The molecule has 9 heteroatoms. The third kappa shape index (κ3) is 5.55. The number of fused-ring (bicyclic) bond motifs is 1. The second-order valence-electron chi connectivity index (χ2n) is 6.79. The van der Waals surface area contributed by atoms with Gasteiger partial charge in [0.05, 0.1) is 13.2 Å². The summed E-state index contributed by atoms with van der Waals surface area (Å²) < 4.78 is 17.7. The predicted molar refractivity (Wildman–Crippen MR) is 122 cm³/mol. The molecule has 0 bridgehead atoms. The number of halogens is 1. The molecule has 32 heavy (non-hydrogen) atoms. The molecule has 0 aliphatic carbocycles. The van der Waals surface area contributed by atoms with Crippen molar-refractivity contribution >= 4 is 32.9 Å². The number of aromatic nitrogens is 3. The highest BCUT2D eigenvalue weighted by molar-refractivity contribution is 9.10. The van der Waals surface area contributed by atoms with Gasteiger partial charge in [0.2, 0.25) is 0 Å². The van der Waals surface area contributed by atoms with Crippen molar-refractivity contribution in [2.75, 3.05) is 19.8 Å². The Hall–Kier alpha value is -3.59. The molecule has 1 heterocycles. The lowest BCUT2D eigenvalue weighted by Gasteiger charge is -2.12. The van der Waals surface area contributed by atoms with E-state index in [0.29, 0.717) is 36.9 Å². The summed E-state index contributed by atoms with van der Waals surface area (Å²) in [6.45, 7) is 0.542. The maximum atomic E-state index is 10.5. The van der Waals surface area contributed by atoms with Crippen LogP contribution < -0.4 is 14.2 Å². The van der Waals surface area contributed by atoms with Gasteiger partial charge in [0.25, 0.3) is 0 Å². The minimum absolute atomic E-state index is 0.375. The summed E-state index contributed by atoms with van der Waals surface area (Å²) in [6.07, 6.45) is 0.668. The Morgan fingerprint density at radius 1 is 0.875 bits per heavy atom. The average molecular weight is 498 g/mol. The maximum absolute atomic E-state index is 10.5. The van der Waals surface area contributed by atoms with Crippen LogP contribution in [0.2, 0.25) is 0 Å². The molecule has 0 atom stereocenters. The van der Waals surface area contributed by atoms with Crippen LogP contribution in [0, 0.1) is 0 Å². The van der Waals surface area contributed by atoms with Crippen molar-refractivity contribution < 1.29 is 24.1 Å². The molecule has 1 N–H and O–H groups in total. The van der Waals surface area contributed by atoms with E-state index in [2.05, 4.69) is 26.1 Å². The van der Waals surface area contributed by atoms with E-state index < -0.39 is 5.97 Å². The van der Waals surface area contributed by atoms with Gasteiger partial charge in [-0.05, 0) is 54.6 Å². The zero-order valence-electron chi connectivity index (χ0n) is 17.0. The van der Waals surface area contributed by atoms with Gasteiger partial charge in [-0.2, -0.15) is 0 Å². The fraction of sp³-hybridized carbons (Fsp3) is 0.174. The summed E-state index contributed by atoms with van der Waals surface area (Å²) in [5.41, 5.74) is 2.37. The fourth-order valence-electron chi connectivity index (χ4n) is 2.94. The summed E-state index contributed by atoms with van der Waals surface area (Å²) in [6, 6.07) is 20.2. The molecular formula is C23H20BrN3O5. The zero-order valence-corrected chi connectivity index (χ0v) is 18.6. The molecule has 0 unspecified atom stereocenters. The van der Waals surface area contributed by atoms with E-state index in [0.717, 1.165) is 21.2 Å². The van der Waals surface area contributed by atoms with Crippen LogP contribution in [0.5, 0.6) is 17.2 Å². The first-order chi connectivity index (χ1) is 15.6. The first kappa shape index (κ1) is 21.6. The van der Waals surface area contributed by atoms with Gasteiger partial charge in [0.1, 0.15) is 34.0 Å². The fourth-order valence-corrected chi connectivity index (χ4v) is 3.29. The van der Waals surface area contributed by atoms with Gasteiger partial charge in [-0.25, -0.2) is 4.79 Å². The number of nitrogens with zero attached hydrogens (tertiary/aromatic N) is 3. The average Bonchev–Trinajstić information content (AvgIpc) is 3.23. The number of carboxylic acid groups (broad SMARTS) is 1. The van der Waals surface area contributed by atoms with Gasteiger partial charge in [-0.15, -0.1) is 15.0 Å². The monoisotopic (exact) mass is 497 g/mol. The third-order valence-corrected chi connectivity index (χ3v) is 4.92. The van der Waals surface area contributed by atoms with Crippen molar-refractivity contribution in [2.24, 2.45) is 0 Å². The minimum atomic E-state index is -1.02. The molecule has 0 amide bonds. The number of carboxylic acids is 1. The standard InChI is InChI=1S/C23H20BrN3O5/c24-16-6-11-22(21(14-16)27-25-19-4-1-2-5-20(19)26-27)31-13-3-12-30-17-7-9-18(10-8-17)32-15-23(28)29/h1-2,4-11,14H,3,12-13,15H2,(H,28,29). The van der Waals surface area contributed by atoms with Crippen LogP contribution in [-0.2, 0) is 4.79 Å². The Morgan fingerprint density at radius 3 is 2.16 bits per heavy atom. The Kier molecular flexibility index (Phi) is 6.86. The van der Waals surface area contributed by atoms with E-state index in [-0.39, 0.29) is 6.61 Å². The number of carbonyl (C=O) groups is 1. The number of rotatable bonds is 10. The quantitative estimate of drug-likeness (QED) is 0.322. The number of ether oxygens (including phenoxy) is 3. The molecular weight excluding hydrogens is 478 g/mol. The van der Waals surface area contributed by atoms with E-state index in [9.17, 15) is 4.79 Å². The van der Waals surface area contributed by atoms with Crippen molar-refractivity contribution in [1.82, 2.24) is 15.0 Å². The zero-order chi connectivity index (χ0) is 22.3. The highest BCUT2D eigenvalue weighted by Crippen LogP contribution is 2.27. The maximum Gasteiger partial charge on any atom is 0.341 e. The van der Waals surface area contributed by atoms with Crippen LogP contribution in [-0.4, -0.2) is 45.9 Å². The van der Waals surface area contributed by atoms with Crippen LogP contribution >= 0.6 is 15.9 Å². The van der Waals surface area contributed by atoms with Crippen molar-refractivity contribution in [3.63, 3.8) is 0 Å². The van der Waals surface area contributed by atoms with E-state index in [1.54, 1.807) is 29.1 Å². The SMILES string of the molecule is O=C(O)COc1ccc(OCCCOc2ccc(Br)cc2-n2nc3ccccc3n2)cc1. The summed E-state index contributed by atoms with van der Waals surface area (Å²) in [7, 11) is 0. The highest BCUT2D eigenvalue weighted by atomic mass is 79.9. The van der Waals surface area contributed by atoms with E-state index in [1.165, 1.54) is 0 Å². The number of hydrogen-bond donors (Lipinski definition) is 1. The van der Waals surface area contributed by atoms with Gasteiger partial charge in [-0.3, -0.25) is 0 Å². The van der Waals surface area contributed by atoms with Gasteiger partial charge < -0.3 is 19.3 Å². The van der Waals surface area contributed by atoms with E-state index in [1.807, 2.05) is 42.5 Å². The van der Waals surface area contributed by atoms with Crippen molar-refractivity contribution in [3.8, 4) is 22.9 Å². The van der Waals surface area contributed by atoms with Crippen LogP contribution in [0.1, 0.15) is 6.42 Å². The lowest BCUT2D eigenvalue weighted by molar-refractivity contribution is -0.139. The highest BCUT2D eigenvalue weighted by Gasteiger charge is 2.11. The molecule has 1 aromatic heterocycles. The normalized spacial score (nSPS) is 10.8. The molecule has 0 fully saturated rings. The second kappa shape index (κ2) is 10.1. The second-order valence-corrected chi connectivity index (χ2v) is 7.71. The Bertz CT molecular complexity index is 1180. The first-order valence-electron chi connectivity index (χ1n) is 9.91. The van der Waals surface area contributed by atoms with Crippen LogP contribution in [0.3, 0.4) is 0 Å². The summed E-state index contributed by atoms with van der Waals surface area (Å²) in [4.78, 5) is 12.1. The topological polar surface area (TPSA) is 95.7 Å². The number of benzene rings is 3. The first-order valence-corrected chi connectivity index (χ1v) is 10.7. The van der Waals surface area contributed by atoms with Gasteiger partial charge in [0, 0.05) is 10.9 Å². The molecule has 0 saturated heterocycles. The predicted octanol–water partition coefficient (Wildman–Crippen LogP) is 4.49. The molecule has 0 radical (unpaired) electrons. The molecule has 0 saturated carbocycles. The molecule has 4 rings (SSSR count). The van der Waals surface area contributed by atoms with Gasteiger partial charge >= 0.3 is 5.97 Å². The number of aliphatic carboxylic acids is 1. The lowest BCUT2D eigenvalue weighted by Crippen LogP contribution is -2.09. The summed E-state index contributed by atoms with van der Waals surface area (Å²) in [5, 5.41) is 17.7. The van der Waals surface area contributed by atoms with Crippen LogP contribution in [0.15, 0.2) is 71.2 Å². The van der Waals surface area contributed by atoms with Gasteiger partial charge in [0.15, 0.2) is 6.61 Å². The molecule has 8 nitrogen and oxygen atoms in total. The summed E-state index contributed by atoms with van der Waals surface area (Å²) >= 11 is 3.50. The van der Waals surface area contributed by atoms with E-state index >= 15 is 0 Å². The van der Waals surface area contributed by atoms with E-state index in [4.69, 9.17) is 19.3 Å². The Balaban J connectivity index is 1.31. The van der Waals surface area contributed by atoms with Crippen LogP contribution in [0.25, 0.3) is 16.7 Å². The van der Waals surface area contributed by atoms with Gasteiger partial charge in [-0.1, -0.05) is 28.1 Å². The molecule has 0 aliphatic rings. The molecule has 4 aromatic rings. The van der Waals surface area contributed by atoms with Crippen molar-refractivity contribution in [2.45, 2.75) is 6.42 Å². The summed E-state index contributed by atoms with van der Waals surface area (Å²) in [5.74, 6) is 0.805. The molecule has 164 valence electrons. The minimum Gasteiger partial charge on any atom is -0.493 e. The molecule has 0 aliphatic heterocycles. The molecule has 0 spiro atoms. The van der Waals surface area contributed by atoms with Crippen LogP contribution in [0.4, 0.5) is 0 Å². The van der Waals surface area contributed by atoms with Crippen molar-refractivity contribution in [1.29, 1.82) is 0 Å². The largest absolute Gasteiger partial charge is 0.493 e. The third-order valence-electron chi connectivity index (χ3n) is 4.42. The smallest absolute Gasteiger partial charge is 0.341 e. The Labute approximate surface area is 192 Å². The lowest BCUT2D eigenvalue weighted by atomic mass is 10.3. The number of hydrogen-bond acceptors (Lipinski definition) is 6. The Morgan fingerprint density at radius 2 is 1.50 bits per heavy atom. The molecule has 3 aromatic carbocycles. The van der Waals surface area contributed by atoms with Crippen molar-refractivity contribution in [3.05, 3.63) is 71.2 Å².